The van der Waals surface area contributed by atoms with Crippen LogP contribution < -0.4 is 5.32 Å². The summed E-state index contributed by atoms with van der Waals surface area (Å²) in [5, 5.41) is 3.45. The van der Waals surface area contributed by atoms with Gasteiger partial charge in [0.25, 0.3) is 0 Å². The predicted molar refractivity (Wildman–Crippen MR) is 64.6 cm³/mol. The number of rotatable bonds is 0. The molecular formula is C12H15NO2S. The minimum atomic E-state index is -2.83. The van der Waals surface area contributed by atoms with Gasteiger partial charge in [0, 0.05) is 17.6 Å². The van der Waals surface area contributed by atoms with Crippen LogP contribution in [0.1, 0.15) is 23.5 Å². The molecule has 1 N–H and O–H groups in total. The first kappa shape index (κ1) is 10.1. The van der Waals surface area contributed by atoms with Gasteiger partial charge in [-0.25, -0.2) is 8.42 Å². The minimum absolute atomic E-state index is 0.161. The third kappa shape index (κ3) is 1.52. The molecule has 86 valence electrons. The number of anilines is 1. The Kier molecular flexibility index (Phi) is 2.05. The molecule has 0 radical (unpaired) electrons. The van der Waals surface area contributed by atoms with Gasteiger partial charge in [0.2, 0.25) is 0 Å². The normalized spacial score (nSPS) is 30.3. The fourth-order valence-corrected chi connectivity index (χ4v) is 4.52. The predicted octanol–water partition coefficient (Wildman–Crippen LogP) is 1.69. The van der Waals surface area contributed by atoms with Gasteiger partial charge in [-0.1, -0.05) is 12.1 Å². The Morgan fingerprint density at radius 3 is 3.00 bits per heavy atom. The van der Waals surface area contributed by atoms with E-state index >= 15 is 0 Å². The maximum atomic E-state index is 11.6. The lowest BCUT2D eigenvalue weighted by Gasteiger charge is -2.25. The van der Waals surface area contributed by atoms with E-state index in [0.29, 0.717) is 17.5 Å². The van der Waals surface area contributed by atoms with E-state index in [9.17, 15) is 8.42 Å². The fourth-order valence-electron chi connectivity index (χ4n) is 2.78. The summed E-state index contributed by atoms with van der Waals surface area (Å²) in [7, 11) is -2.83. The topological polar surface area (TPSA) is 46.2 Å². The summed E-state index contributed by atoms with van der Waals surface area (Å²) in [6.45, 7) is 2.06. The van der Waals surface area contributed by atoms with Gasteiger partial charge in [-0.15, -0.1) is 0 Å². The number of aryl methyl sites for hydroxylation is 1. The fraction of sp³-hybridized carbons (Fsp3) is 0.500. The quantitative estimate of drug-likeness (QED) is 0.747. The standard InChI is InChI=1S/C12H15NO2S/c1-8-2-3-9-10-7-16(14,15)5-4-11(10)13-12(9)6-8/h2-3,6,10-11,13H,4-5,7H2,1H3. The average molecular weight is 237 g/mol. The SMILES string of the molecule is Cc1ccc2c(c1)NC1CCS(=O)(=O)CC21. The molecule has 3 nitrogen and oxygen atoms in total. The second-order valence-electron chi connectivity index (χ2n) is 4.85. The summed E-state index contributed by atoms with van der Waals surface area (Å²) in [6, 6.07) is 6.56. The molecule has 4 heteroatoms. The molecule has 0 aliphatic carbocycles. The number of nitrogens with one attached hydrogen (secondary N) is 1. The molecule has 0 spiro atoms. The number of hydrogen-bond acceptors (Lipinski definition) is 3. The summed E-state index contributed by atoms with van der Waals surface area (Å²) in [5.41, 5.74) is 3.53. The van der Waals surface area contributed by atoms with Gasteiger partial charge in [0.1, 0.15) is 0 Å². The molecule has 1 fully saturated rings. The zero-order valence-corrected chi connectivity index (χ0v) is 10.0. The molecule has 1 saturated heterocycles. The molecule has 2 unspecified atom stereocenters. The van der Waals surface area contributed by atoms with Crippen molar-refractivity contribution < 1.29 is 8.42 Å². The van der Waals surface area contributed by atoms with E-state index in [1.165, 1.54) is 11.1 Å². The van der Waals surface area contributed by atoms with Crippen LogP contribution in [0.15, 0.2) is 18.2 Å². The minimum Gasteiger partial charge on any atom is -0.381 e. The van der Waals surface area contributed by atoms with Crippen molar-refractivity contribution >= 4 is 15.5 Å². The maximum absolute atomic E-state index is 11.6. The van der Waals surface area contributed by atoms with Crippen molar-refractivity contribution in [2.24, 2.45) is 0 Å². The summed E-state index contributed by atoms with van der Waals surface area (Å²) in [5.74, 6) is 0.795. The van der Waals surface area contributed by atoms with E-state index in [2.05, 4.69) is 30.4 Å². The monoisotopic (exact) mass is 237 g/mol. The Balaban J connectivity index is 2.03. The van der Waals surface area contributed by atoms with Gasteiger partial charge in [-0.2, -0.15) is 0 Å². The Morgan fingerprint density at radius 1 is 1.38 bits per heavy atom. The van der Waals surface area contributed by atoms with Crippen LogP contribution in [0, 0.1) is 6.92 Å². The highest BCUT2D eigenvalue weighted by Crippen LogP contribution is 2.41. The molecule has 0 bridgehead atoms. The Morgan fingerprint density at radius 2 is 2.19 bits per heavy atom. The molecule has 0 saturated carbocycles. The average Bonchev–Trinajstić information content (AvgIpc) is 2.53. The van der Waals surface area contributed by atoms with Crippen molar-refractivity contribution in [3.63, 3.8) is 0 Å². The number of fused-ring (bicyclic) bond motifs is 3. The van der Waals surface area contributed by atoms with Crippen LogP contribution in [0.25, 0.3) is 0 Å². The summed E-state index contributed by atoms with van der Waals surface area (Å²) >= 11 is 0. The Hall–Kier alpha value is -1.03. The molecule has 2 aliphatic heterocycles. The summed E-state index contributed by atoms with van der Waals surface area (Å²) in [4.78, 5) is 0. The van der Waals surface area contributed by atoms with E-state index in [1.807, 2.05) is 0 Å². The van der Waals surface area contributed by atoms with E-state index in [-0.39, 0.29) is 5.92 Å². The molecule has 3 rings (SSSR count). The lowest BCUT2D eigenvalue weighted by atomic mass is 9.94. The van der Waals surface area contributed by atoms with Gasteiger partial charge >= 0.3 is 0 Å². The molecular weight excluding hydrogens is 222 g/mol. The molecule has 2 atom stereocenters. The van der Waals surface area contributed by atoms with Crippen molar-refractivity contribution in [3.05, 3.63) is 29.3 Å². The molecule has 16 heavy (non-hydrogen) atoms. The maximum Gasteiger partial charge on any atom is 0.151 e. The second-order valence-corrected chi connectivity index (χ2v) is 7.08. The van der Waals surface area contributed by atoms with Crippen LogP contribution in [-0.2, 0) is 9.84 Å². The Labute approximate surface area is 95.8 Å². The van der Waals surface area contributed by atoms with Crippen LogP contribution in [0.3, 0.4) is 0 Å². The van der Waals surface area contributed by atoms with Crippen molar-refractivity contribution in [1.29, 1.82) is 0 Å². The van der Waals surface area contributed by atoms with E-state index < -0.39 is 9.84 Å². The van der Waals surface area contributed by atoms with Crippen molar-refractivity contribution in [3.8, 4) is 0 Å². The van der Waals surface area contributed by atoms with Crippen molar-refractivity contribution in [2.75, 3.05) is 16.8 Å². The van der Waals surface area contributed by atoms with Crippen LogP contribution in [0.4, 0.5) is 5.69 Å². The van der Waals surface area contributed by atoms with Gasteiger partial charge in [-0.05, 0) is 30.5 Å². The van der Waals surface area contributed by atoms with Gasteiger partial charge in [0.05, 0.1) is 11.5 Å². The number of hydrogen-bond donors (Lipinski definition) is 1. The summed E-state index contributed by atoms with van der Waals surface area (Å²) in [6.07, 6.45) is 0.737. The largest absolute Gasteiger partial charge is 0.381 e. The first-order valence-corrected chi connectivity index (χ1v) is 7.45. The van der Waals surface area contributed by atoms with Gasteiger partial charge in [0.15, 0.2) is 9.84 Å². The molecule has 2 aliphatic rings. The number of benzene rings is 1. The van der Waals surface area contributed by atoms with Gasteiger partial charge < -0.3 is 5.32 Å². The van der Waals surface area contributed by atoms with Crippen LogP contribution in [-0.4, -0.2) is 26.0 Å². The van der Waals surface area contributed by atoms with Crippen LogP contribution in [0.2, 0.25) is 0 Å². The van der Waals surface area contributed by atoms with E-state index in [4.69, 9.17) is 0 Å². The molecule has 1 aromatic rings. The highest BCUT2D eigenvalue weighted by atomic mass is 32.2. The molecule has 2 heterocycles. The third-order valence-electron chi connectivity index (χ3n) is 3.61. The molecule has 0 aromatic heterocycles. The van der Waals surface area contributed by atoms with Crippen LogP contribution >= 0.6 is 0 Å². The first-order valence-electron chi connectivity index (χ1n) is 5.63. The molecule has 0 amide bonds. The van der Waals surface area contributed by atoms with Crippen LogP contribution in [0.5, 0.6) is 0 Å². The van der Waals surface area contributed by atoms with Gasteiger partial charge in [-0.3, -0.25) is 0 Å². The number of sulfone groups is 1. The zero-order valence-electron chi connectivity index (χ0n) is 9.23. The van der Waals surface area contributed by atoms with E-state index in [0.717, 1.165) is 12.1 Å². The lowest BCUT2D eigenvalue weighted by molar-refractivity contribution is 0.539. The lowest BCUT2D eigenvalue weighted by Crippen LogP contribution is -2.35. The van der Waals surface area contributed by atoms with E-state index in [1.54, 1.807) is 0 Å². The smallest absolute Gasteiger partial charge is 0.151 e. The first-order chi connectivity index (χ1) is 7.55. The Bertz CT molecular complexity index is 536. The molecule has 1 aromatic carbocycles. The zero-order chi connectivity index (χ0) is 11.3. The highest BCUT2D eigenvalue weighted by molar-refractivity contribution is 7.91. The third-order valence-corrected chi connectivity index (χ3v) is 5.33. The summed E-state index contributed by atoms with van der Waals surface area (Å²) < 4.78 is 23.3. The highest BCUT2D eigenvalue weighted by Gasteiger charge is 2.39. The second kappa shape index (κ2) is 3.23. The van der Waals surface area contributed by atoms with Crippen molar-refractivity contribution in [2.45, 2.75) is 25.3 Å². The van der Waals surface area contributed by atoms with Crippen molar-refractivity contribution in [1.82, 2.24) is 0 Å².